The van der Waals surface area contributed by atoms with E-state index < -0.39 is 5.60 Å². The molecular formula is C30H47Cl2N3O3. The van der Waals surface area contributed by atoms with Crippen LogP contribution in [0.2, 0.25) is 10.0 Å². The first kappa shape index (κ1) is 35.9. The summed E-state index contributed by atoms with van der Waals surface area (Å²) in [5.41, 5.74) is 2.89. The van der Waals surface area contributed by atoms with Gasteiger partial charge in [-0.15, -0.1) is 0 Å². The van der Waals surface area contributed by atoms with Gasteiger partial charge in [-0.25, -0.2) is 0 Å². The minimum Gasteiger partial charge on any atom is -0.390 e. The van der Waals surface area contributed by atoms with E-state index in [1.165, 1.54) is 5.56 Å². The highest BCUT2D eigenvalue weighted by Gasteiger charge is 2.37. The van der Waals surface area contributed by atoms with Gasteiger partial charge in [-0.3, -0.25) is 9.59 Å². The Morgan fingerprint density at radius 1 is 1.03 bits per heavy atom. The van der Waals surface area contributed by atoms with Gasteiger partial charge in [0.05, 0.1) is 5.60 Å². The molecule has 3 rings (SSSR count). The van der Waals surface area contributed by atoms with Crippen LogP contribution in [0, 0.1) is 5.41 Å². The Kier molecular flexibility index (Phi) is 17.2. The summed E-state index contributed by atoms with van der Waals surface area (Å²) in [7, 11) is 0. The largest absolute Gasteiger partial charge is 0.390 e. The summed E-state index contributed by atoms with van der Waals surface area (Å²) < 4.78 is 0. The fourth-order valence-corrected chi connectivity index (χ4v) is 3.84. The van der Waals surface area contributed by atoms with Crippen molar-refractivity contribution in [2.75, 3.05) is 11.9 Å². The van der Waals surface area contributed by atoms with Gasteiger partial charge in [0.15, 0.2) is 0 Å². The number of hydrogen-bond acceptors (Lipinski definition) is 4. The highest BCUT2D eigenvalue weighted by atomic mass is 35.5. The van der Waals surface area contributed by atoms with Gasteiger partial charge in [0.25, 0.3) is 0 Å². The second-order valence-corrected chi connectivity index (χ2v) is 11.9. The maximum atomic E-state index is 10.6. The lowest BCUT2D eigenvalue weighted by Gasteiger charge is -2.40. The summed E-state index contributed by atoms with van der Waals surface area (Å²) >= 11 is 12.0. The van der Waals surface area contributed by atoms with Crippen molar-refractivity contribution in [2.24, 2.45) is 5.41 Å². The molecule has 8 heteroatoms. The maximum absolute atomic E-state index is 10.6. The lowest BCUT2D eigenvalue weighted by Crippen LogP contribution is -2.51. The Labute approximate surface area is 239 Å². The van der Waals surface area contributed by atoms with Crippen LogP contribution >= 0.6 is 23.2 Å². The standard InChI is InChI=1S/C17H18Cl2N2O.C6H11NO2.C5H12.C2H6/c1-12(13-3-2-4-15(18)7-13)9-20-10-14-5-6-16(19)8-17(14)21-11-22;1-6(9)2-5(3-6)7-4-8;1-5(2,3)4;1-2/h2-8,11-12,20H,9-10H2,1H3,(H,21,22);4-5,9H,2-3H2,1H3,(H,7,8);1-4H3;1-2H3. The molecule has 2 aromatic carbocycles. The molecule has 0 aromatic heterocycles. The highest BCUT2D eigenvalue weighted by Crippen LogP contribution is 2.30. The molecule has 6 nitrogen and oxygen atoms in total. The number of benzene rings is 2. The second kappa shape index (κ2) is 18.2. The Morgan fingerprint density at radius 3 is 2.11 bits per heavy atom. The molecule has 2 amide bonds. The predicted octanol–water partition coefficient (Wildman–Crippen LogP) is 7.18. The van der Waals surface area contributed by atoms with Gasteiger partial charge in [-0.05, 0) is 66.5 Å². The Hall–Kier alpha value is -2.12. The van der Waals surface area contributed by atoms with E-state index >= 15 is 0 Å². The van der Waals surface area contributed by atoms with E-state index in [1.54, 1.807) is 13.0 Å². The van der Waals surface area contributed by atoms with Crippen LogP contribution in [0.15, 0.2) is 42.5 Å². The van der Waals surface area contributed by atoms with E-state index in [4.69, 9.17) is 28.3 Å². The molecule has 2 aromatic rings. The normalized spacial score (nSPS) is 18.4. The minimum atomic E-state index is -0.527. The zero-order chi connectivity index (χ0) is 29.4. The first-order chi connectivity index (χ1) is 17.7. The monoisotopic (exact) mass is 567 g/mol. The maximum Gasteiger partial charge on any atom is 0.211 e. The molecular weight excluding hydrogens is 521 g/mol. The second-order valence-electron chi connectivity index (χ2n) is 11.0. The minimum absolute atomic E-state index is 0.206. The Balaban J connectivity index is 0.000000702. The molecule has 0 saturated heterocycles. The average Bonchev–Trinajstić information content (AvgIpc) is 2.80. The third-order valence-corrected chi connectivity index (χ3v) is 5.62. The number of amides is 2. The van der Waals surface area contributed by atoms with E-state index in [9.17, 15) is 9.59 Å². The van der Waals surface area contributed by atoms with Crippen LogP contribution in [-0.4, -0.2) is 36.1 Å². The van der Waals surface area contributed by atoms with Gasteiger partial charge < -0.3 is 21.1 Å². The third-order valence-electron chi connectivity index (χ3n) is 5.15. The smallest absolute Gasteiger partial charge is 0.211 e. The SMILES string of the molecule is CC.CC(C)(C)C.CC(CNCc1ccc(Cl)cc1NC=O)c1cccc(Cl)c1.CC1(O)CC(NC=O)C1. The number of aliphatic hydroxyl groups is 1. The van der Waals surface area contributed by atoms with Crippen LogP contribution in [0.3, 0.4) is 0 Å². The van der Waals surface area contributed by atoms with E-state index in [0.717, 1.165) is 22.8 Å². The molecule has 0 aliphatic heterocycles. The van der Waals surface area contributed by atoms with Crippen LogP contribution in [0.4, 0.5) is 5.69 Å². The summed E-state index contributed by atoms with van der Waals surface area (Å²) in [6, 6.07) is 13.6. The van der Waals surface area contributed by atoms with E-state index in [2.05, 4.69) is 56.6 Å². The van der Waals surface area contributed by atoms with Crippen LogP contribution in [0.5, 0.6) is 0 Å². The number of carbonyl (C=O) groups is 2. The molecule has 1 aliphatic carbocycles. The number of nitrogens with one attached hydrogen (secondary N) is 3. The molecule has 38 heavy (non-hydrogen) atoms. The molecule has 0 heterocycles. The molecule has 0 spiro atoms. The summed E-state index contributed by atoms with van der Waals surface area (Å²) in [6.07, 6.45) is 2.71. The number of anilines is 1. The first-order valence-corrected chi connectivity index (χ1v) is 13.9. The van der Waals surface area contributed by atoms with Crippen LogP contribution < -0.4 is 16.0 Å². The van der Waals surface area contributed by atoms with Crippen molar-refractivity contribution in [3.8, 4) is 0 Å². The molecule has 4 N–H and O–H groups in total. The Bertz CT molecular complexity index is 948. The van der Waals surface area contributed by atoms with Crippen molar-refractivity contribution < 1.29 is 14.7 Å². The van der Waals surface area contributed by atoms with Crippen molar-refractivity contribution in [3.05, 3.63) is 63.6 Å². The number of hydrogen-bond donors (Lipinski definition) is 4. The third kappa shape index (κ3) is 16.7. The molecule has 0 radical (unpaired) electrons. The van der Waals surface area contributed by atoms with Gasteiger partial charge in [0.1, 0.15) is 0 Å². The van der Waals surface area contributed by atoms with Gasteiger partial charge in [-0.1, -0.05) is 89.9 Å². The van der Waals surface area contributed by atoms with Gasteiger partial charge in [-0.2, -0.15) is 0 Å². The van der Waals surface area contributed by atoms with Crippen molar-refractivity contribution >= 4 is 41.7 Å². The Morgan fingerprint density at radius 2 is 1.61 bits per heavy atom. The van der Waals surface area contributed by atoms with Crippen LogP contribution in [-0.2, 0) is 16.1 Å². The van der Waals surface area contributed by atoms with Gasteiger partial charge in [0, 0.05) is 34.9 Å². The number of carbonyl (C=O) groups excluding carboxylic acids is 2. The number of halogens is 2. The zero-order valence-electron chi connectivity index (χ0n) is 24.2. The first-order valence-electron chi connectivity index (χ1n) is 13.1. The highest BCUT2D eigenvalue weighted by molar-refractivity contribution is 6.31. The summed E-state index contributed by atoms with van der Waals surface area (Å²) in [5.74, 6) is 0.341. The molecule has 1 unspecified atom stereocenters. The van der Waals surface area contributed by atoms with E-state index in [-0.39, 0.29) is 6.04 Å². The molecule has 1 atom stereocenters. The molecule has 1 aliphatic rings. The van der Waals surface area contributed by atoms with Crippen LogP contribution in [0.25, 0.3) is 0 Å². The fraction of sp³-hybridized carbons (Fsp3) is 0.533. The van der Waals surface area contributed by atoms with E-state index in [0.29, 0.717) is 48.6 Å². The molecule has 0 bridgehead atoms. The lowest BCUT2D eigenvalue weighted by atomic mass is 9.77. The van der Waals surface area contributed by atoms with Crippen molar-refractivity contribution in [3.63, 3.8) is 0 Å². The molecule has 1 fully saturated rings. The van der Waals surface area contributed by atoms with E-state index in [1.807, 2.05) is 44.2 Å². The average molecular weight is 569 g/mol. The zero-order valence-corrected chi connectivity index (χ0v) is 25.7. The fourth-order valence-electron chi connectivity index (χ4n) is 3.47. The number of rotatable bonds is 9. The van der Waals surface area contributed by atoms with Crippen molar-refractivity contribution in [1.29, 1.82) is 0 Å². The summed E-state index contributed by atoms with van der Waals surface area (Å²) in [5, 5.41) is 19.2. The molecule has 1 saturated carbocycles. The summed E-state index contributed by atoms with van der Waals surface area (Å²) in [4.78, 5) is 20.5. The predicted molar refractivity (Wildman–Crippen MR) is 162 cm³/mol. The quantitative estimate of drug-likeness (QED) is 0.241. The van der Waals surface area contributed by atoms with Crippen molar-refractivity contribution in [2.45, 2.75) is 92.3 Å². The summed E-state index contributed by atoms with van der Waals surface area (Å²) in [6.45, 7) is 18.1. The van der Waals surface area contributed by atoms with Crippen molar-refractivity contribution in [1.82, 2.24) is 10.6 Å². The van der Waals surface area contributed by atoms with Crippen LogP contribution in [0.1, 0.15) is 85.3 Å². The topological polar surface area (TPSA) is 90.5 Å². The van der Waals surface area contributed by atoms with Gasteiger partial charge >= 0.3 is 0 Å². The lowest BCUT2D eigenvalue weighted by molar-refractivity contribution is -0.113. The van der Waals surface area contributed by atoms with Gasteiger partial charge in [0.2, 0.25) is 12.8 Å². The molecule has 214 valence electrons.